The number of morpholine rings is 1. The minimum Gasteiger partial charge on any atom is -0.390 e. The normalized spacial score (nSPS) is 36.8. The summed E-state index contributed by atoms with van der Waals surface area (Å²) in [5.41, 5.74) is 0.965. The van der Waals surface area contributed by atoms with Crippen LogP contribution in [0.25, 0.3) is 0 Å². The summed E-state index contributed by atoms with van der Waals surface area (Å²) in [7, 11) is 0. The van der Waals surface area contributed by atoms with Crippen molar-refractivity contribution in [1.29, 1.82) is 0 Å². The van der Waals surface area contributed by atoms with Crippen molar-refractivity contribution in [3.8, 4) is 0 Å². The van der Waals surface area contributed by atoms with Gasteiger partial charge >= 0.3 is 0 Å². The second kappa shape index (κ2) is 7.03. The van der Waals surface area contributed by atoms with Crippen molar-refractivity contribution in [2.24, 2.45) is 0 Å². The van der Waals surface area contributed by atoms with E-state index in [1.165, 1.54) is 12.1 Å². The van der Waals surface area contributed by atoms with Gasteiger partial charge in [-0.1, -0.05) is 12.1 Å². The molecule has 132 valence electrons. The van der Waals surface area contributed by atoms with Gasteiger partial charge in [-0.2, -0.15) is 0 Å². The Morgan fingerprint density at radius 3 is 2.71 bits per heavy atom. The SMILES string of the molecule is O[C@H]1[C@@H](NCc2ccc(F)cc2)[C@@H]2CO[C@H](O2)[C@@H]1N1CCOCC1. The monoisotopic (exact) mass is 338 g/mol. The van der Waals surface area contributed by atoms with Crippen LogP contribution in [0.2, 0.25) is 0 Å². The van der Waals surface area contributed by atoms with E-state index < -0.39 is 6.10 Å². The molecule has 0 spiro atoms. The van der Waals surface area contributed by atoms with E-state index in [-0.39, 0.29) is 30.3 Å². The van der Waals surface area contributed by atoms with Crippen molar-refractivity contribution in [2.75, 3.05) is 32.9 Å². The van der Waals surface area contributed by atoms with Crippen molar-refractivity contribution in [3.63, 3.8) is 0 Å². The number of hydrogen-bond donors (Lipinski definition) is 2. The fraction of sp³-hybridized carbons (Fsp3) is 0.647. The van der Waals surface area contributed by atoms with Crippen LogP contribution in [0.3, 0.4) is 0 Å². The molecular weight excluding hydrogens is 315 g/mol. The first-order chi connectivity index (χ1) is 11.7. The summed E-state index contributed by atoms with van der Waals surface area (Å²) in [6.45, 7) is 3.87. The summed E-state index contributed by atoms with van der Waals surface area (Å²) in [5.74, 6) is -0.251. The van der Waals surface area contributed by atoms with Gasteiger partial charge in [-0.05, 0) is 17.7 Å². The summed E-state index contributed by atoms with van der Waals surface area (Å²) in [5, 5.41) is 14.3. The van der Waals surface area contributed by atoms with Gasteiger partial charge in [0.15, 0.2) is 6.29 Å². The highest BCUT2D eigenvalue weighted by Gasteiger charge is 2.52. The summed E-state index contributed by atoms with van der Waals surface area (Å²) < 4.78 is 30.1. The van der Waals surface area contributed by atoms with Gasteiger partial charge in [-0.15, -0.1) is 0 Å². The lowest BCUT2D eigenvalue weighted by Gasteiger charge is -2.45. The van der Waals surface area contributed by atoms with Crippen LogP contribution >= 0.6 is 0 Å². The third kappa shape index (κ3) is 3.20. The molecule has 5 atom stereocenters. The lowest BCUT2D eigenvalue weighted by molar-refractivity contribution is -0.191. The van der Waals surface area contributed by atoms with Gasteiger partial charge in [0.1, 0.15) is 11.9 Å². The molecule has 24 heavy (non-hydrogen) atoms. The highest BCUT2D eigenvalue weighted by molar-refractivity contribution is 5.16. The summed E-state index contributed by atoms with van der Waals surface area (Å²) in [6.07, 6.45) is -1.13. The molecule has 2 bridgehead atoms. The Balaban J connectivity index is 1.44. The van der Waals surface area contributed by atoms with Crippen LogP contribution in [0.5, 0.6) is 0 Å². The van der Waals surface area contributed by atoms with E-state index in [0.29, 0.717) is 26.4 Å². The first-order valence-electron chi connectivity index (χ1n) is 8.47. The number of fused-ring (bicyclic) bond motifs is 2. The topological polar surface area (TPSA) is 63.2 Å². The Kier molecular flexibility index (Phi) is 4.80. The molecular formula is C17H23FN2O4. The Morgan fingerprint density at radius 2 is 1.96 bits per heavy atom. The van der Waals surface area contributed by atoms with Gasteiger partial charge < -0.3 is 24.6 Å². The number of hydrogen-bond acceptors (Lipinski definition) is 6. The molecule has 0 amide bonds. The second-order valence-electron chi connectivity index (χ2n) is 6.54. The highest BCUT2D eigenvalue weighted by Crippen LogP contribution is 2.31. The predicted molar refractivity (Wildman–Crippen MR) is 83.8 cm³/mol. The molecule has 2 N–H and O–H groups in total. The zero-order valence-corrected chi connectivity index (χ0v) is 13.4. The molecule has 4 rings (SSSR count). The number of aliphatic hydroxyl groups excluding tert-OH is 1. The summed E-state index contributed by atoms with van der Waals surface area (Å²) >= 11 is 0. The van der Waals surface area contributed by atoms with Gasteiger partial charge in [-0.3, -0.25) is 4.90 Å². The molecule has 0 unspecified atom stereocenters. The maximum atomic E-state index is 13.0. The van der Waals surface area contributed by atoms with Gasteiger partial charge in [0.05, 0.1) is 38.0 Å². The Labute approximate surface area is 140 Å². The van der Waals surface area contributed by atoms with E-state index in [1.54, 1.807) is 12.1 Å². The maximum Gasteiger partial charge on any atom is 0.176 e. The van der Waals surface area contributed by atoms with E-state index in [9.17, 15) is 9.50 Å². The average Bonchev–Trinajstić information content (AvgIpc) is 3.02. The molecule has 3 saturated heterocycles. The quantitative estimate of drug-likeness (QED) is 0.812. The summed E-state index contributed by atoms with van der Waals surface area (Å²) in [4.78, 5) is 2.19. The largest absolute Gasteiger partial charge is 0.390 e. The van der Waals surface area contributed by atoms with Crippen molar-refractivity contribution in [2.45, 2.75) is 37.1 Å². The van der Waals surface area contributed by atoms with Crippen molar-refractivity contribution in [1.82, 2.24) is 10.2 Å². The van der Waals surface area contributed by atoms with Crippen molar-refractivity contribution >= 4 is 0 Å². The molecule has 1 aromatic carbocycles. The third-order valence-electron chi connectivity index (χ3n) is 5.05. The number of nitrogens with one attached hydrogen (secondary N) is 1. The van der Waals surface area contributed by atoms with E-state index in [2.05, 4.69) is 10.2 Å². The second-order valence-corrected chi connectivity index (χ2v) is 6.54. The van der Waals surface area contributed by atoms with Crippen LogP contribution in [0, 0.1) is 5.82 Å². The minimum atomic E-state index is -0.588. The first-order valence-corrected chi connectivity index (χ1v) is 8.47. The zero-order chi connectivity index (χ0) is 16.5. The van der Waals surface area contributed by atoms with Gasteiger partial charge in [0, 0.05) is 19.6 Å². The number of ether oxygens (including phenoxy) is 3. The van der Waals surface area contributed by atoms with Gasteiger partial charge in [0.2, 0.25) is 0 Å². The molecule has 1 aromatic rings. The van der Waals surface area contributed by atoms with E-state index in [4.69, 9.17) is 14.2 Å². The highest BCUT2D eigenvalue weighted by atomic mass is 19.1. The lowest BCUT2D eigenvalue weighted by atomic mass is 9.94. The summed E-state index contributed by atoms with van der Waals surface area (Å²) in [6, 6.07) is 5.95. The number of benzene rings is 1. The molecule has 0 aliphatic carbocycles. The van der Waals surface area contributed by atoms with Crippen LogP contribution in [-0.2, 0) is 20.8 Å². The molecule has 6 nitrogen and oxygen atoms in total. The zero-order valence-electron chi connectivity index (χ0n) is 13.4. The van der Waals surface area contributed by atoms with Crippen LogP contribution in [-0.4, -0.2) is 73.5 Å². The van der Waals surface area contributed by atoms with Crippen molar-refractivity contribution in [3.05, 3.63) is 35.6 Å². The standard InChI is InChI=1S/C17H23FN2O4/c18-12-3-1-11(2-4-12)9-19-14-13-10-23-17(24-13)15(16(14)21)20-5-7-22-8-6-20/h1-4,13-17,19,21H,5-10H2/t13-,14-,15+,16-,17+/m0/s1. The van der Waals surface area contributed by atoms with Crippen LogP contribution in [0.4, 0.5) is 4.39 Å². The predicted octanol–water partition coefficient (Wildman–Crippen LogP) is 0.101. The van der Waals surface area contributed by atoms with Crippen LogP contribution < -0.4 is 5.32 Å². The molecule has 0 saturated carbocycles. The van der Waals surface area contributed by atoms with Crippen molar-refractivity contribution < 1.29 is 23.7 Å². The molecule has 3 aliphatic rings. The first kappa shape index (κ1) is 16.4. The molecule has 7 heteroatoms. The molecule has 3 fully saturated rings. The van der Waals surface area contributed by atoms with Gasteiger partial charge in [-0.25, -0.2) is 4.39 Å². The van der Waals surface area contributed by atoms with Crippen LogP contribution in [0.15, 0.2) is 24.3 Å². The maximum absolute atomic E-state index is 13.0. The van der Waals surface area contributed by atoms with Gasteiger partial charge in [0.25, 0.3) is 0 Å². The third-order valence-corrected chi connectivity index (χ3v) is 5.05. The molecule has 0 aromatic heterocycles. The number of aliphatic hydroxyl groups is 1. The molecule has 0 radical (unpaired) electrons. The van der Waals surface area contributed by atoms with E-state index in [0.717, 1.165) is 18.7 Å². The minimum absolute atomic E-state index is 0.164. The Bertz CT molecular complexity index is 552. The number of nitrogens with zero attached hydrogens (tertiary/aromatic N) is 1. The number of rotatable bonds is 4. The number of halogens is 1. The Hall–Kier alpha value is -1.09. The van der Waals surface area contributed by atoms with Crippen LogP contribution in [0.1, 0.15) is 5.56 Å². The lowest BCUT2D eigenvalue weighted by Crippen LogP contribution is -2.65. The molecule has 3 heterocycles. The smallest absolute Gasteiger partial charge is 0.176 e. The fourth-order valence-electron chi connectivity index (χ4n) is 3.76. The molecule has 3 aliphatic heterocycles. The van der Waals surface area contributed by atoms with E-state index >= 15 is 0 Å². The van der Waals surface area contributed by atoms with E-state index in [1.807, 2.05) is 0 Å². The average molecular weight is 338 g/mol. The Morgan fingerprint density at radius 1 is 1.21 bits per heavy atom. The fourth-order valence-corrected chi connectivity index (χ4v) is 3.76.